The molecule has 0 fully saturated rings. The standard InChI is InChI=1S/C12H16Br2ClNO2S/c1-4-12(3,7-15)16-19(17,18)11-6-9(13)8(2)5-10(11)14/h5-6,16H,4,7H2,1-3H3. The van der Waals surface area contributed by atoms with Gasteiger partial charge in [-0.05, 0) is 53.9 Å². The van der Waals surface area contributed by atoms with Gasteiger partial charge in [0.1, 0.15) is 0 Å². The summed E-state index contributed by atoms with van der Waals surface area (Å²) >= 11 is 12.5. The molecule has 0 aromatic heterocycles. The van der Waals surface area contributed by atoms with E-state index in [1.165, 1.54) is 0 Å². The number of hydrogen-bond donors (Lipinski definition) is 1. The van der Waals surface area contributed by atoms with E-state index in [1.807, 2.05) is 13.8 Å². The van der Waals surface area contributed by atoms with Crippen molar-refractivity contribution in [3.05, 3.63) is 26.6 Å². The van der Waals surface area contributed by atoms with E-state index >= 15 is 0 Å². The predicted molar refractivity (Wildman–Crippen MR) is 86.3 cm³/mol. The van der Waals surface area contributed by atoms with Crippen LogP contribution in [0.5, 0.6) is 0 Å². The Bertz CT molecular complexity index is 571. The van der Waals surface area contributed by atoms with Crippen molar-refractivity contribution in [2.45, 2.75) is 37.6 Å². The van der Waals surface area contributed by atoms with Gasteiger partial charge in [0.05, 0.1) is 4.90 Å². The van der Waals surface area contributed by atoms with Gasteiger partial charge in [-0.15, -0.1) is 11.6 Å². The second-order valence-electron chi connectivity index (χ2n) is 4.69. The Labute approximate surface area is 136 Å². The Kier molecular flexibility index (Phi) is 5.90. The van der Waals surface area contributed by atoms with E-state index in [4.69, 9.17) is 11.6 Å². The van der Waals surface area contributed by atoms with Crippen LogP contribution in [0, 0.1) is 6.92 Å². The normalized spacial score (nSPS) is 15.3. The third-order valence-corrected chi connectivity index (χ3v) is 7.00. The number of nitrogens with one attached hydrogen (secondary N) is 1. The summed E-state index contributed by atoms with van der Waals surface area (Å²) in [6.07, 6.45) is 0.611. The fourth-order valence-electron chi connectivity index (χ4n) is 1.41. The molecular formula is C12H16Br2ClNO2S. The summed E-state index contributed by atoms with van der Waals surface area (Å²) < 4.78 is 28.8. The predicted octanol–water partition coefficient (Wildman–Crippen LogP) is 4.21. The number of aryl methyl sites for hydroxylation is 1. The van der Waals surface area contributed by atoms with Crippen LogP contribution in [-0.4, -0.2) is 19.8 Å². The Hall–Kier alpha value is 0.380. The van der Waals surface area contributed by atoms with Gasteiger partial charge in [0.25, 0.3) is 0 Å². The van der Waals surface area contributed by atoms with Crippen LogP contribution in [0.1, 0.15) is 25.8 Å². The van der Waals surface area contributed by atoms with E-state index < -0.39 is 15.6 Å². The Morgan fingerprint density at radius 1 is 1.32 bits per heavy atom. The third-order valence-electron chi connectivity index (χ3n) is 2.96. The Balaban J connectivity index is 3.25. The van der Waals surface area contributed by atoms with Crippen LogP contribution >= 0.6 is 43.5 Å². The highest BCUT2D eigenvalue weighted by Crippen LogP contribution is 2.29. The molecule has 1 unspecified atom stereocenters. The fourth-order valence-corrected chi connectivity index (χ4v) is 4.90. The maximum absolute atomic E-state index is 12.4. The minimum absolute atomic E-state index is 0.203. The summed E-state index contributed by atoms with van der Waals surface area (Å²) in [6.45, 7) is 5.58. The molecule has 0 aliphatic heterocycles. The maximum atomic E-state index is 12.4. The number of rotatable bonds is 5. The highest BCUT2D eigenvalue weighted by molar-refractivity contribution is 9.11. The number of hydrogen-bond acceptors (Lipinski definition) is 2. The molecule has 0 bridgehead atoms. The molecule has 0 saturated carbocycles. The van der Waals surface area contributed by atoms with Crippen LogP contribution in [0.4, 0.5) is 0 Å². The zero-order chi connectivity index (χ0) is 14.8. The summed E-state index contributed by atoms with van der Waals surface area (Å²) in [7, 11) is -3.62. The molecule has 0 aliphatic rings. The molecule has 1 N–H and O–H groups in total. The average Bonchev–Trinajstić information content (AvgIpc) is 2.33. The highest BCUT2D eigenvalue weighted by Gasteiger charge is 2.29. The molecule has 0 heterocycles. The van der Waals surface area contributed by atoms with E-state index in [-0.39, 0.29) is 10.8 Å². The van der Waals surface area contributed by atoms with Gasteiger partial charge in [-0.1, -0.05) is 22.9 Å². The number of alkyl halides is 1. The molecule has 108 valence electrons. The van der Waals surface area contributed by atoms with E-state index in [0.29, 0.717) is 10.9 Å². The van der Waals surface area contributed by atoms with Gasteiger partial charge >= 0.3 is 0 Å². The summed E-state index contributed by atoms with van der Waals surface area (Å²) in [6, 6.07) is 3.36. The van der Waals surface area contributed by atoms with E-state index in [9.17, 15) is 8.42 Å². The van der Waals surface area contributed by atoms with Gasteiger partial charge in [0.2, 0.25) is 10.0 Å². The van der Waals surface area contributed by atoms with Crippen molar-refractivity contribution in [3.8, 4) is 0 Å². The first-order valence-electron chi connectivity index (χ1n) is 5.71. The molecule has 0 spiro atoms. The minimum Gasteiger partial charge on any atom is -0.207 e. The lowest BCUT2D eigenvalue weighted by Gasteiger charge is -2.27. The average molecular weight is 434 g/mol. The lowest BCUT2D eigenvalue weighted by atomic mass is 10.0. The van der Waals surface area contributed by atoms with Crippen molar-refractivity contribution in [3.63, 3.8) is 0 Å². The molecule has 19 heavy (non-hydrogen) atoms. The van der Waals surface area contributed by atoms with Gasteiger partial charge in [0, 0.05) is 20.4 Å². The van der Waals surface area contributed by atoms with Gasteiger partial charge in [-0.3, -0.25) is 0 Å². The molecule has 0 aliphatic carbocycles. The molecule has 0 radical (unpaired) electrons. The summed E-state index contributed by atoms with van der Waals surface area (Å²) in [5.74, 6) is 0.216. The smallest absolute Gasteiger partial charge is 0.207 e. The van der Waals surface area contributed by atoms with Crippen molar-refractivity contribution in [1.29, 1.82) is 0 Å². The van der Waals surface area contributed by atoms with Crippen LogP contribution in [0.15, 0.2) is 26.0 Å². The molecule has 1 rings (SSSR count). The fraction of sp³-hybridized carbons (Fsp3) is 0.500. The zero-order valence-corrected chi connectivity index (χ0v) is 15.7. The maximum Gasteiger partial charge on any atom is 0.242 e. The van der Waals surface area contributed by atoms with Crippen molar-refractivity contribution in [1.82, 2.24) is 4.72 Å². The minimum atomic E-state index is -3.62. The van der Waals surface area contributed by atoms with Crippen molar-refractivity contribution < 1.29 is 8.42 Å². The van der Waals surface area contributed by atoms with Crippen LogP contribution in [0.25, 0.3) is 0 Å². The molecule has 0 saturated heterocycles. The zero-order valence-electron chi connectivity index (χ0n) is 10.9. The second-order valence-corrected chi connectivity index (χ2v) is 8.31. The monoisotopic (exact) mass is 431 g/mol. The molecule has 1 atom stereocenters. The van der Waals surface area contributed by atoms with Crippen molar-refractivity contribution >= 4 is 53.5 Å². The topological polar surface area (TPSA) is 46.2 Å². The van der Waals surface area contributed by atoms with Crippen LogP contribution < -0.4 is 4.72 Å². The summed E-state index contributed by atoms with van der Waals surface area (Å²) in [4.78, 5) is 0.203. The van der Waals surface area contributed by atoms with E-state index in [1.54, 1.807) is 19.1 Å². The quantitative estimate of drug-likeness (QED) is 0.707. The van der Waals surface area contributed by atoms with Crippen LogP contribution in [0.3, 0.4) is 0 Å². The lowest BCUT2D eigenvalue weighted by molar-refractivity contribution is 0.444. The Morgan fingerprint density at radius 3 is 2.37 bits per heavy atom. The SMILES string of the molecule is CCC(C)(CCl)NS(=O)(=O)c1cc(Br)c(C)cc1Br. The largest absolute Gasteiger partial charge is 0.242 e. The lowest BCUT2D eigenvalue weighted by Crippen LogP contribution is -2.47. The first-order chi connectivity index (χ1) is 8.65. The molecule has 1 aromatic carbocycles. The van der Waals surface area contributed by atoms with Crippen LogP contribution in [0.2, 0.25) is 0 Å². The molecular weight excluding hydrogens is 417 g/mol. The number of benzene rings is 1. The summed E-state index contributed by atoms with van der Waals surface area (Å²) in [5.41, 5.74) is 0.304. The van der Waals surface area contributed by atoms with Gasteiger partial charge in [-0.25, -0.2) is 13.1 Å². The van der Waals surface area contributed by atoms with Gasteiger partial charge < -0.3 is 0 Å². The van der Waals surface area contributed by atoms with Crippen LogP contribution in [-0.2, 0) is 10.0 Å². The third kappa shape index (κ3) is 4.17. The molecule has 3 nitrogen and oxygen atoms in total. The molecule has 0 amide bonds. The Morgan fingerprint density at radius 2 is 1.89 bits per heavy atom. The molecule has 7 heteroatoms. The van der Waals surface area contributed by atoms with Gasteiger partial charge in [0.15, 0.2) is 0 Å². The van der Waals surface area contributed by atoms with Crippen molar-refractivity contribution in [2.75, 3.05) is 5.88 Å². The van der Waals surface area contributed by atoms with Gasteiger partial charge in [-0.2, -0.15) is 0 Å². The van der Waals surface area contributed by atoms with Crippen molar-refractivity contribution in [2.24, 2.45) is 0 Å². The highest BCUT2D eigenvalue weighted by atomic mass is 79.9. The number of halogens is 3. The first kappa shape index (κ1) is 17.4. The van der Waals surface area contributed by atoms with E-state index in [2.05, 4.69) is 36.6 Å². The van der Waals surface area contributed by atoms with E-state index in [0.717, 1.165) is 10.0 Å². The second kappa shape index (κ2) is 6.43. The number of sulfonamides is 1. The summed E-state index contributed by atoms with van der Waals surface area (Å²) in [5, 5.41) is 0. The first-order valence-corrected chi connectivity index (χ1v) is 9.31. The molecule has 1 aromatic rings.